The van der Waals surface area contributed by atoms with Crippen LogP contribution in [0.1, 0.15) is 46.6 Å². The van der Waals surface area contributed by atoms with E-state index in [4.69, 9.17) is 34.3 Å². The van der Waals surface area contributed by atoms with Gasteiger partial charge >= 0.3 is 0 Å². The Morgan fingerprint density at radius 2 is 1.90 bits per heavy atom. The van der Waals surface area contributed by atoms with Crippen LogP contribution in [-0.2, 0) is 27.2 Å². The number of hydrogen-bond acceptors (Lipinski definition) is 7. The maximum Gasteiger partial charge on any atom is 0.246 e. The van der Waals surface area contributed by atoms with E-state index in [0.717, 1.165) is 24.0 Å². The van der Waals surface area contributed by atoms with Crippen LogP contribution >= 0.6 is 34.5 Å². The van der Waals surface area contributed by atoms with E-state index < -0.39 is 18.0 Å². The van der Waals surface area contributed by atoms with Gasteiger partial charge in [-0.1, -0.05) is 59.6 Å². The maximum atomic E-state index is 13.9. The number of nitrogens with two attached hydrogens (primary N) is 1. The van der Waals surface area contributed by atoms with Gasteiger partial charge in [0, 0.05) is 37.6 Å². The highest BCUT2D eigenvalue weighted by Gasteiger charge is 2.40. The number of aromatic nitrogens is 1. The Labute approximate surface area is 293 Å². The standard InChI is InChI=1S/C34H39Cl2N7O4S/c35-25-11-10-23(16-26(25)36)8-4-13-41-21-30(45)43(28(33(41)47)18-22-6-2-1-3-7-22)20-29(44)40-27(31(46)32-39-12-15-48-32)17-24-9-5-14-42(19-24)34(37)38/h1-3,6-7,10-12,15-16,24,27-28H,4-5,8-9,13-14,17-21H2,(H3,37,38)(H,40,44)/t24-,27-,28+/m0/s1. The summed E-state index contributed by atoms with van der Waals surface area (Å²) in [4.78, 5) is 63.5. The molecule has 0 unspecified atom stereocenters. The first-order chi connectivity index (χ1) is 23.1. The Kier molecular flexibility index (Phi) is 12.1. The summed E-state index contributed by atoms with van der Waals surface area (Å²) in [5.41, 5.74) is 7.57. The topological polar surface area (TPSA) is 153 Å². The zero-order chi connectivity index (χ0) is 34.2. The number of ketones is 1. The number of nitrogens with zero attached hydrogens (tertiary/aromatic N) is 4. The van der Waals surface area contributed by atoms with E-state index in [1.54, 1.807) is 27.3 Å². The number of rotatable bonds is 13. The predicted octanol–water partition coefficient (Wildman–Crippen LogP) is 4.03. The number of halogens is 2. The average Bonchev–Trinajstić information content (AvgIpc) is 3.62. The molecule has 3 heterocycles. The molecule has 1 aromatic heterocycles. The summed E-state index contributed by atoms with van der Waals surface area (Å²) in [7, 11) is 0. The predicted molar refractivity (Wildman–Crippen MR) is 186 cm³/mol. The van der Waals surface area contributed by atoms with Crippen LogP contribution in [-0.4, -0.2) is 94.0 Å². The highest BCUT2D eigenvalue weighted by molar-refractivity contribution is 7.11. The summed E-state index contributed by atoms with van der Waals surface area (Å²) in [6.07, 6.45) is 5.00. The van der Waals surface area contributed by atoms with Crippen molar-refractivity contribution in [1.29, 1.82) is 5.41 Å². The van der Waals surface area contributed by atoms with Gasteiger partial charge in [-0.15, -0.1) is 11.3 Å². The monoisotopic (exact) mass is 711 g/mol. The summed E-state index contributed by atoms with van der Waals surface area (Å²) >= 11 is 13.4. The number of amides is 3. The van der Waals surface area contributed by atoms with Gasteiger partial charge in [-0.25, -0.2) is 4.98 Å². The minimum Gasteiger partial charge on any atom is -0.370 e. The van der Waals surface area contributed by atoms with E-state index in [-0.39, 0.29) is 54.0 Å². The Balaban J connectivity index is 1.29. The minimum absolute atomic E-state index is 0.0124. The van der Waals surface area contributed by atoms with Crippen LogP contribution in [0, 0.1) is 11.3 Å². The van der Waals surface area contributed by atoms with Gasteiger partial charge in [0.05, 0.1) is 22.6 Å². The first kappa shape index (κ1) is 35.3. The first-order valence-electron chi connectivity index (χ1n) is 16.0. The van der Waals surface area contributed by atoms with Crippen LogP contribution in [0.4, 0.5) is 0 Å². The van der Waals surface area contributed by atoms with Gasteiger partial charge in [0.1, 0.15) is 12.6 Å². The van der Waals surface area contributed by atoms with E-state index >= 15 is 0 Å². The molecule has 3 aromatic rings. The third-order valence-corrected chi connectivity index (χ3v) is 10.3. The van der Waals surface area contributed by atoms with Crippen LogP contribution in [0.5, 0.6) is 0 Å². The Hall–Kier alpha value is -4.00. The quantitative estimate of drug-likeness (QED) is 0.138. The van der Waals surface area contributed by atoms with Gasteiger partial charge in [-0.05, 0) is 61.3 Å². The number of piperazine rings is 1. The molecule has 4 N–H and O–H groups in total. The summed E-state index contributed by atoms with van der Waals surface area (Å²) in [6, 6.07) is 13.0. The van der Waals surface area contributed by atoms with Crippen LogP contribution in [0.2, 0.25) is 10.0 Å². The normalized spacial score (nSPS) is 18.9. The van der Waals surface area contributed by atoms with Gasteiger partial charge in [0.25, 0.3) is 0 Å². The van der Waals surface area contributed by atoms with Crippen molar-refractivity contribution in [1.82, 2.24) is 25.0 Å². The molecule has 11 nitrogen and oxygen atoms in total. The third kappa shape index (κ3) is 9.12. The number of thiazole rings is 1. The van der Waals surface area contributed by atoms with Crippen molar-refractivity contribution < 1.29 is 19.2 Å². The van der Waals surface area contributed by atoms with Crippen molar-refractivity contribution in [3.8, 4) is 0 Å². The fourth-order valence-electron chi connectivity index (χ4n) is 6.37. The number of carbonyl (C=O) groups is 4. The second kappa shape index (κ2) is 16.4. The second-order valence-corrected chi connectivity index (χ2v) is 13.9. The SMILES string of the molecule is N=C(N)N1CCC[C@@H](C[C@H](NC(=O)CN2C(=O)CN(CCCc3ccc(Cl)c(Cl)c3)C(=O)[C@H]2Cc2ccccc2)C(=O)c2nccs2)C1. The van der Waals surface area contributed by atoms with E-state index in [9.17, 15) is 19.2 Å². The number of Topliss-reactive ketones (excluding diaryl/α,β-unsaturated/α-hetero) is 1. The molecule has 3 amide bonds. The number of piperidine rings is 1. The van der Waals surface area contributed by atoms with Gasteiger partial charge in [-0.3, -0.25) is 24.6 Å². The molecule has 2 aliphatic heterocycles. The molecule has 3 atom stereocenters. The van der Waals surface area contributed by atoms with Crippen molar-refractivity contribution in [3.63, 3.8) is 0 Å². The molecule has 2 aliphatic rings. The molecule has 0 saturated carbocycles. The molecule has 0 spiro atoms. The zero-order valence-electron chi connectivity index (χ0n) is 26.4. The molecule has 2 fully saturated rings. The van der Waals surface area contributed by atoms with Gasteiger partial charge in [0.2, 0.25) is 23.5 Å². The molecule has 5 rings (SSSR count). The lowest BCUT2D eigenvalue weighted by atomic mass is 9.90. The first-order valence-corrected chi connectivity index (χ1v) is 17.6. The molecule has 254 valence electrons. The maximum absolute atomic E-state index is 13.9. The highest BCUT2D eigenvalue weighted by atomic mass is 35.5. The number of carbonyl (C=O) groups excluding carboxylic acids is 4. The largest absolute Gasteiger partial charge is 0.370 e. The number of likely N-dealkylation sites (tertiary alicyclic amines) is 1. The van der Waals surface area contributed by atoms with E-state index in [2.05, 4.69) is 10.3 Å². The molecule has 0 bridgehead atoms. The molecule has 14 heteroatoms. The Bertz CT molecular complexity index is 1620. The van der Waals surface area contributed by atoms with Crippen LogP contribution < -0.4 is 11.1 Å². The smallest absolute Gasteiger partial charge is 0.246 e. The number of aryl methyl sites for hydroxylation is 1. The van der Waals surface area contributed by atoms with Gasteiger partial charge in [0.15, 0.2) is 11.0 Å². The lowest BCUT2D eigenvalue weighted by molar-refractivity contribution is -0.157. The molecule has 2 aromatic carbocycles. The number of benzene rings is 2. The van der Waals surface area contributed by atoms with E-state index in [1.165, 1.54) is 22.4 Å². The van der Waals surface area contributed by atoms with E-state index in [0.29, 0.717) is 48.9 Å². The Morgan fingerprint density at radius 1 is 1.10 bits per heavy atom. The number of hydrogen-bond donors (Lipinski definition) is 3. The van der Waals surface area contributed by atoms with Gasteiger partial charge < -0.3 is 25.8 Å². The fraction of sp³-hybridized carbons (Fsp3) is 0.412. The molecular weight excluding hydrogens is 673 g/mol. The van der Waals surface area contributed by atoms with Gasteiger partial charge in [-0.2, -0.15) is 0 Å². The average molecular weight is 713 g/mol. The van der Waals surface area contributed by atoms with Crippen molar-refractivity contribution >= 4 is 64.0 Å². The summed E-state index contributed by atoms with van der Waals surface area (Å²) in [6.45, 7) is 1.02. The molecular formula is C34H39Cl2N7O4S. The van der Waals surface area contributed by atoms with E-state index in [1.807, 2.05) is 36.4 Å². The highest BCUT2D eigenvalue weighted by Crippen LogP contribution is 2.25. The van der Waals surface area contributed by atoms with Crippen molar-refractivity contribution in [3.05, 3.63) is 86.3 Å². The van der Waals surface area contributed by atoms with Crippen LogP contribution in [0.3, 0.4) is 0 Å². The zero-order valence-corrected chi connectivity index (χ0v) is 28.8. The lowest BCUT2D eigenvalue weighted by Crippen LogP contribution is -2.62. The van der Waals surface area contributed by atoms with Crippen molar-refractivity contribution in [2.24, 2.45) is 11.7 Å². The number of guanidine groups is 1. The summed E-state index contributed by atoms with van der Waals surface area (Å²) in [5.74, 6) is -1.43. The molecule has 0 radical (unpaired) electrons. The Morgan fingerprint density at radius 3 is 2.60 bits per heavy atom. The number of nitrogens with one attached hydrogen (secondary N) is 2. The molecule has 2 saturated heterocycles. The molecule has 48 heavy (non-hydrogen) atoms. The lowest BCUT2D eigenvalue weighted by Gasteiger charge is -2.40. The minimum atomic E-state index is -0.889. The second-order valence-electron chi connectivity index (χ2n) is 12.2. The van der Waals surface area contributed by atoms with Crippen molar-refractivity contribution in [2.45, 2.75) is 50.6 Å². The van der Waals surface area contributed by atoms with Crippen LogP contribution in [0.15, 0.2) is 60.1 Å². The van der Waals surface area contributed by atoms with Crippen molar-refractivity contribution in [2.75, 3.05) is 32.7 Å². The summed E-state index contributed by atoms with van der Waals surface area (Å²) < 4.78 is 0. The third-order valence-electron chi connectivity index (χ3n) is 8.81. The molecule has 0 aliphatic carbocycles. The van der Waals surface area contributed by atoms with Crippen LogP contribution in [0.25, 0.3) is 0 Å². The fourth-order valence-corrected chi connectivity index (χ4v) is 7.32. The summed E-state index contributed by atoms with van der Waals surface area (Å²) in [5, 5.41) is 13.6.